The molecule has 1 N–H and O–H groups in total. The second-order valence-electron chi connectivity index (χ2n) is 4.81. The largest absolute Gasteiger partial charge is 0.459 e. The van der Waals surface area contributed by atoms with Gasteiger partial charge in [-0.3, -0.25) is 0 Å². The Morgan fingerprint density at radius 2 is 2.05 bits per heavy atom. The average molecular weight is 261 g/mol. The lowest BCUT2D eigenvalue weighted by atomic mass is 10.1. The maximum absolute atomic E-state index is 5.92. The van der Waals surface area contributed by atoms with Gasteiger partial charge in [-0.25, -0.2) is 0 Å². The normalized spacial score (nSPS) is 13.0. The van der Waals surface area contributed by atoms with E-state index in [9.17, 15) is 0 Å². The van der Waals surface area contributed by atoms with E-state index in [1.165, 1.54) is 10.9 Å². The minimum atomic E-state index is 0.278. The van der Waals surface area contributed by atoms with Crippen molar-refractivity contribution >= 4 is 11.0 Å². The molecule has 104 valence electrons. The summed E-state index contributed by atoms with van der Waals surface area (Å²) in [5, 5.41) is 4.48. The summed E-state index contributed by atoms with van der Waals surface area (Å²) in [6.45, 7) is 8.64. The lowest BCUT2D eigenvalue weighted by molar-refractivity contribution is 0.0505. The van der Waals surface area contributed by atoms with Gasteiger partial charge in [-0.2, -0.15) is 0 Å². The highest BCUT2D eigenvalue weighted by Gasteiger charge is 2.14. The fourth-order valence-electron chi connectivity index (χ4n) is 2.03. The van der Waals surface area contributed by atoms with Crippen LogP contribution in [0.3, 0.4) is 0 Å². The third kappa shape index (κ3) is 3.37. The number of hydrogen-bond acceptors (Lipinski definition) is 3. The lowest BCUT2D eigenvalue weighted by Crippen LogP contribution is -2.13. The molecule has 3 heteroatoms. The minimum absolute atomic E-state index is 0.278. The van der Waals surface area contributed by atoms with Crippen LogP contribution < -0.4 is 5.32 Å². The van der Waals surface area contributed by atoms with Gasteiger partial charge < -0.3 is 14.5 Å². The highest BCUT2D eigenvalue weighted by atomic mass is 16.5. The molecule has 0 bridgehead atoms. The van der Waals surface area contributed by atoms with Gasteiger partial charge in [-0.1, -0.05) is 32.0 Å². The monoisotopic (exact) mass is 261 g/mol. The van der Waals surface area contributed by atoms with Gasteiger partial charge in [-0.05, 0) is 26.0 Å². The maximum atomic E-state index is 5.92. The van der Waals surface area contributed by atoms with Crippen LogP contribution in [0.1, 0.15) is 38.5 Å². The third-order valence-electron chi connectivity index (χ3n) is 3.40. The highest BCUT2D eigenvalue weighted by Crippen LogP contribution is 2.27. The molecule has 0 amide bonds. The Morgan fingerprint density at radius 3 is 2.79 bits per heavy atom. The van der Waals surface area contributed by atoms with E-state index in [1.54, 1.807) is 0 Å². The summed E-state index contributed by atoms with van der Waals surface area (Å²) in [4.78, 5) is 0. The molecule has 1 unspecified atom stereocenters. The molecule has 0 radical (unpaired) electrons. The van der Waals surface area contributed by atoms with Gasteiger partial charge in [0, 0.05) is 10.9 Å². The third-order valence-corrected chi connectivity index (χ3v) is 3.40. The Morgan fingerprint density at radius 1 is 1.26 bits per heavy atom. The van der Waals surface area contributed by atoms with Crippen LogP contribution >= 0.6 is 0 Å². The Hall–Kier alpha value is -1.32. The molecule has 0 spiro atoms. The van der Waals surface area contributed by atoms with Crippen molar-refractivity contribution in [3.63, 3.8) is 0 Å². The zero-order valence-corrected chi connectivity index (χ0v) is 12.0. The first kappa shape index (κ1) is 14.1. The van der Waals surface area contributed by atoms with Gasteiger partial charge >= 0.3 is 0 Å². The molecule has 2 rings (SSSR count). The standard InChI is InChI=1S/C16H23NO2/c1-4-12(3)18-11-14-13-8-6-7-9-15(13)19-16(14)10-17-5-2/h6-9,12,17H,4-5,10-11H2,1-3H3. The SMILES string of the molecule is CCNCc1oc2ccccc2c1COC(C)CC. The van der Waals surface area contributed by atoms with Gasteiger partial charge in [0.1, 0.15) is 11.3 Å². The smallest absolute Gasteiger partial charge is 0.134 e. The van der Waals surface area contributed by atoms with Crippen molar-refractivity contribution in [1.29, 1.82) is 0 Å². The average Bonchev–Trinajstić information content (AvgIpc) is 2.80. The van der Waals surface area contributed by atoms with Crippen molar-refractivity contribution < 1.29 is 9.15 Å². The van der Waals surface area contributed by atoms with Crippen LogP contribution in [0.15, 0.2) is 28.7 Å². The molecule has 1 heterocycles. The molecule has 19 heavy (non-hydrogen) atoms. The molecule has 0 saturated carbocycles. The van der Waals surface area contributed by atoms with Gasteiger partial charge in [-0.15, -0.1) is 0 Å². The van der Waals surface area contributed by atoms with Crippen LogP contribution in [0.4, 0.5) is 0 Å². The fraction of sp³-hybridized carbons (Fsp3) is 0.500. The van der Waals surface area contributed by atoms with Crippen molar-refractivity contribution in [2.75, 3.05) is 6.54 Å². The molecule has 1 aromatic heterocycles. The van der Waals surface area contributed by atoms with Crippen molar-refractivity contribution in [2.45, 2.75) is 46.4 Å². The first-order valence-electron chi connectivity index (χ1n) is 7.07. The number of fused-ring (bicyclic) bond motifs is 1. The molecular formula is C16H23NO2. The van der Waals surface area contributed by atoms with E-state index in [-0.39, 0.29) is 6.10 Å². The van der Waals surface area contributed by atoms with Crippen LogP contribution in [0.2, 0.25) is 0 Å². The van der Waals surface area contributed by atoms with E-state index in [0.29, 0.717) is 6.61 Å². The molecule has 3 nitrogen and oxygen atoms in total. The molecule has 1 atom stereocenters. The number of benzene rings is 1. The Kier molecular flexibility index (Phi) is 5.00. The number of rotatable bonds is 7. The number of para-hydroxylation sites is 1. The van der Waals surface area contributed by atoms with Crippen LogP contribution in [-0.4, -0.2) is 12.6 Å². The van der Waals surface area contributed by atoms with Crippen LogP contribution in [0.25, 0.3) is 11.0 Å². The topological polar surface area (TPSA) is 34.4 Å². The number of furan rings is 1. The molecule has 0 saturated heterocycles. The molecule has 0 fully saturated rings. The Labute approximate surface area is 114 Å². The van der Waals surface area contributed by atoms with Gasteiger partial charge in [0.2, 0.25) is 0 Å². The van der Waals surface area contributed by atoms with E-state index in [4.69, 9.17) is 9.15 Å². The van der Waals surface area contributed by atoms with Crippen molar-refractivity contribution in [1.82, 2.24) is 5.32 Å². The molecular weight excluding hydrogens is 238 g/mol. The van der Waals surface area contributed by atoms with Crippen molar-refractivity contribution in [2.24, 2.45) is 0 Å². The number of hydrogen-bond donors (Lipinski definition) is 1. The lowest BCUT2D eigenvalue weighted by Gasteiger charge is -2.11. The molecule has 2 aromatic rings. The van der Waals surface area contributed by atoms with Gasteiger partial charge in [0.25, 0.3) is 0 Å². The van der Waals surface area contributed by atoms with E-state index in [0.717, 1.165) is 30.9 Å². The second kappa shape index (κ2) is 6.73. The molecule has 0 aliphatic rings. The predicted molar refractivity (Wildman–Crippen MR) is 78.1 cm³/mol. The number of ether oxygens (including phenoxy) is 1. The quantitative estimate of drug-likeness (QED) is 0.822. The van der Waals surface area contributed by atoms with Crippen molar-refractivity contribution in [3.8, 4) is 0 Å². The zero-order chi connectivity index (χ0) is 13.7. The summed E-state index contributed by atoms with van der Waals surface area (Å²) >= 11 is 0. The van der Waals surface area contributed by atoms with E-state index >= 15 is 0 Å². The summed E-state index contributed by atoms with van der Waals surface area (Å²) in [6, 6.07) is 8.16. The number of nitrogens with one attached hydrogen (secondary N) is 1. The van der Waals surface area contributed by atoms with E-state index in [2.05, 4.69) is 32.2 Å². The molecule has 0 aliphatic carbocycles. The summed E-state index contributed by atoms with van der Waals surface area (Å²) in [5.41, 5.74) is 2.12. The summed E-state index contributed by atoms with van der Waals surface area (Å²) in [6.07, 6.45) is 1.30. The molecule has 1 aromatic carbocycles. The van der Waals surface area contributed by atoms with Gasteiger partial charge in [0.05, 0.1) is 19.3 Å². The first-order valence-corrected chi connectivity index (χ1v) is 7.07. The minimum Gasteiger partial charge on any atom is -0.459 e. The second-order valence-corrected chi connectivity index (χ2v) is 4.81. The molecule has 0 aliphatic heterocycles. The van der Waals surface area contributed by atoms with Crippen LogP contribution in [-0.2, 0) is 17.9 Å². The van der Waals surface area contributed by atoms with Crippen molar-refractivity contribution in [3.05, 3.63) is 35.6 Å². The Bertz CT molecular complexity index is 518. The summed E-state index contributed by atoms with van der Waals surface area (Å²) < 4.78 is 11.8. The first-order chi connectivity index (χ1) is 9.26. The summed E-state index contributed by atoms with van der Waals surface area (Å²) in [5.74, 6) is 0.992. The Balaban J connectivity index is 2.25. The van der Waals surface area contributed by atoms with Crippen LogP contribution in [0, 0.1) is 0 Å². The predicted octanol–water partition coefficient (Wildman–Crippen LogP) is 3.86. The zero-order valence-electron chi connectivity index (χ0n) is 12.0. The maximum Gasteiger partial charge on any atom is 0.134 e. The van der Waals surface area contributed by atoms with Gasteiger partial charge in [0.15, 0.2) is 0 Å². The van der Waals surface area contributed by atoms with Crippen LogP contribution in [0.5, 0.6) is 0 Å². The summed E-state index contributed by atoms with van der Waals surface area (Å²) in [7, 11) is 0. The highest BCUT2D eigenvalue weighted by molar-refractivity contribution is 5.82. The van der Waals surface area contributed by atoms with E-state index in [1.807, 2.05) is 18.2 Å². The van der Waals surface area contributed by atoms with E-state index < -0.39 is 0 Å². The fourth-order valence-corrected chi connectivity index (χ4v) is 2.03.